The van der Waals surface area contributed by atoms with E-state index in [4.69, 9.17) is 4.18 Å². The van der Waals surface area contributed by atoms with Crippen molar-refractivity contribution >= 4 is 16.1 Å². The number of carbonyl (C=O) groups is 1. The third-order valence-electron chi connectivity index (χ3n) is 1.85. The van der Waals surface area contributed by atoms with E-state index < -0.39 is 16.1 Å². The number of hydrogen-bond acceptors (Lipinski definition) is 5. The highest BCUT2D eigenvalue weighted by Gasteiger charge is 2.12. The fourth-order valence-electron chi connectivity index (χ4n) is 1.10. The lowest BCUT2D eigenvalue weighted by atomic mass is 10.1. The van der Waals surface area contributed by atoms with Gasteiger partial charge in [0.1, 0.15) is 5.75 Å². The van der Waals surface area contributed by atoms with Crippen molar-refractivity contribution in [3.05, 3.63) is 29.3 Å². The standard InChI is InChI=1S/C10H12O5S/c1-7-4-5-8(10(11)14-2)6-9(7)15-16(3,12)13/h4-6H,1-3H3. The summed E-state index contributed by atoms with van der Waals surface area (Å²) in [5.74, 6) is -0.413. The first kappa shape index (κ1) is 12.5. The molecule has 0 fully saturated rings. The minimum Gasteiger partial charge on any atom is -0.465 e. The van der Waals surface area contributed by atoms with E-state index in [1.807, 2.05) is 0 Å². The Morgan fingerprint density at radius 2 is 1.94 bits per heavy atom. The molecule has 0 aliphatic heterocycles. The molecule has 0 bridgehead atoms. The fraction of sp³-hybridized carbons (Fsp3) is 0.300. The Kier molecular flexibility index (Phi) is 3.54. The average Bonchev–Trinajstić information content (AvgIpc) is 2.18. The van der Waals surface area contributed by atoms with E-state index in [9.17, 15) is 13.2 Å². The summed E-state index contributed by atoms with van der Waals surface area (Å²) in [6, 6.07) is 4.46. The van der Waals surface area contributed by atoms with Gasteiger partial charge in [0.05, 0.1) is 18.9 Å². The highest BCUT2D eigenvalue weighted by molar-refractivity contribution is 7.86. The molecule has 0 saturated carbocycles. The zero-order valence-electron chi connectivity index (χ0n) is 9.18. The lowest BCUT2D eigenvalue weighted by Gasteiger charge is -2.07. The number of hydrogen-bond donors (Lipinski definition) is 0. The van der Waals surface area contributed by atoms with Gasteiger partial charge in [-0.2, -0.15) is 8.42 Å². The molecule has 0 radical (unpaired) electrons. The third-order valence-corrected chi connectivity index (χ3v) is 2.33. The van der Waals surface area contributed by atoms with E-state index in [-0.39, 0.29) is 11.3 Å². The number of rotatable bonds is 3. The minimum absolute atomic E-state index is 0.130. The average molecular weight is 244 g/mol. The zero-order valence-corrected chi connectivity index (χ0v) is 10.00. The van der Waals surface area contributed by atoms with Gasteiger partial charge in [-0.05, 0) is 24.6 Å². The highest BCUT2D eigenvalue weighted by Crippen LogP contribution is 2.21. The molecule has 1 aromatic rings. The van der Waals surface area contributed by atoms with Gasteiger partial charge in [0, 0.05) is 0 Å². The summed E-state index contributed by atoms with van der Waals surface area (Å²) in [5, 5.41) is 0. The number of ether oxygens (including phenoxy) is 1. The van der Waals surface area contributed by atoms with Gasteiger partial charge in [-0.3, -0.25) is 0 Å². The van der Waals surface area contributed by atoms with Crippen molar-refractivity contribution in [3.63, 3.8) is 0 Å². The van der Waals surface area contributed by atoms with Gasteiger partial charge in [0.2, 0.25) is 0 Å². The monoisotopic (exact) mass is 244 g/mol. The molecule has 0 atom stereocenters. The normalized spacial score (nSPS) is 10.9. The molecule has 0 N–H and O–H groups in total. The van der Waals surface area contributed by atoms with Gasteiger partial charge >= 0.3 is 16.1 Å². The number of methoxy groups -OCH3 is 1. The Bertz CT molecular complexity index is 504. The molecule has 0 unspecified atom stereocenters. The lowest BCUT2D eigenvalue weighted by molar-refractivity contribution is 0.0600. The SMILES string of the molecule is COC(=O)c1ccc(C)c(OS(C)(=O)=O)c1. The van der Waals surface area contributed by atoms with Crippen LogP contribution in [0, 0.1) is 6.92 Å². The lowest BCUT2D eigenvalue weighted by Crippen LogP contribution is -2.08. The van der Waals surface area contributed by atoms with E-state index in [0.717, 1.165) is 6.26 Å². The van der Waals surface area contributed by atoms with E-state index >= 15 is 0 Å². The molecule has 0 spiro atoms. The summed E-state index contributed by atoms with van der Waals surface area (Å²) in [6.07, 6.45) is 0.942. The summed E-state index contributed by atoms with van der Waals surface area (Å²) in [5.41, 5.74) is 0.866. The van der Waals surface area contributed by atoms with Crippen LogP contribution in [0.2, 0.25) is 0 Å². The molecule has 0 saturated heterocycles. The first-order valence-corrected chi connectivity index (χ1v) is 6.23. The number of aryl methyl sites for hydroxylation is 1. The second-order valence-electron chi connectivity index (χ2n) is 3.26. The van der Waals surface area contributed by atoms with Crippen molar-refractivity contribution in [1.29, 1.82) is 0 Å². The number of carbonyl (C=O) groups excluding carboxylic acids is 1. The van der Waals surface area contributed by atoms with E-state index in [1.165, 1.54) is 19.2 Å². The number of benzene rings is 1. The van der Waals surface area contributed by atoms with Crippen LogP contribution in [0.5, 0.6) is 5.75 Å². The van der Waals surface area contributed by atoms with Crippen LogP contribution in [0.15, 0.2) is 18.2 Å². The van der Waals surface area contributed by atoms with Crippen LogP contribution in [0.4, 0.5) is 0 Å². The largest absolute Gasteiger partial charge is 0.465 e. The maximum atomic E-state index is 11.2. The van der Waals surface area contributed by atoms with Gasteiger partial charge in [0.25, 0.3) is 0 Å². The molecule has 5 nitrogen and oxygen atoms in total. The van der Waals surface area contributed by atoms with Crippen LogP contribution >= 0.6 is 0 Å². The van der Waals surface area contributed by atoms with E-state index in [0.29, 0.717) is 5.56 Å². The van der Waals surface area contributed by atoms with Gasteiger partial charge in [0.15, 0.2) is 0 Å². The second kappa shape index (κ2) is 4.52. The quantitative estimate of drug-likeness (QED) is 0.588. The van der Waals surface area contributed by atoms with E-state index in [1.54, 1.807) is 13.0 Å². The molecule has 0 aliphatic rings. The first-order valence-electron chi connectivity index (χ1n) is 4.42. The van der Waals surface area contributed by atoms with Gasteiger partial charge in [-0.1, -0.05) is 6.07 Å². The smallest absolute Gasteiger partial charge is 0.337 e. The van der Waals surface area contributed by atoms with Crippen LogP contribution < -0.4 is 4.18 Å². The first-order chi connectivity index (χ1) is 7.33. The Labute approximate surface area is 94.1 Å². The summed E-state index contributed by atoms with van der Waals surface area (Å²) in [7, 11) is -2.35. The van der Waals surface area contributed by atoms with Crippen LogP contribution in [-0.2, 0) is 14.9 Å². The molecule has 0 aromatic heterocycles. The molecule has 88 valence electrons. The zero-order chi connectivity index (χ0) is 12.3. The summed E-state index contributed by atoms with van der Waals surface area (Å²) in [4.78, 5) is 11.2. The van der Waals surface area contributed by atoms with Gasteiger partial charge in [-0.25, -0.2) is 4.79 Å². The molecule has 0 aliphatic carbocycles. The van der Waals surface area contributed by atoms with Gasteiger partial charge < -0.3 is 8.92 Å². The third kappa shape index (κ3) is 3.23. The van der Waals surface area contributed by atoms with Crippen molar-refractivity contribution in [2.24, 2.45) is 0 Å². The Morgan fingerprint density at radius 3 is 2.44 bits per heavy atom. The van der Waals surface area contributed by atoms with Crippen molar-refractivity contribution in [3.8, 4) is 5.75 Å². The summed E-state index contributed by atoms with van der Waals surface area (Å²) in [6.45, 7) is 1.68. The van der Waals surface area contributed by atoms with Crippen molar-refractivity contribution < 1.29 is 22.1 Å². The van der Waals surface area contributed by atoms with Crippen LogP contribution in [0.1, 0.15) is 15.9 Å². The molecule has 1 rings (SSSR count). The minimum atomic E-state index is -3.60. The van der Waals surface area contributed by atoms with Crippen molar-refractivity contribution in [1.82, 2.24) is 0 Å². The summed E-state index contributed by atoms with van der Waals surface area (Å²) >= 11 is 0. The molecule has 0 amide bonds. The van der Waals surface area contributed by atoms with E-state index in [2.05, 4.69) is 4.74 Å². The predicted octanol–water partition coefficient (Wildman–Crippen LogP) is 1.12. The van der Waals surface area contributed by atoms with Crippen molar-refractivity contribution in [2.45, 2.75) is 6.92 Å². The van der Waals surface area contributed by atoms with Crippen LogP contribution in [0.25, 0.3) is 0 Å². The second-order valence-corrected chi connectivity index (χ2v) is 4.83. The Hall–Kier alpha value is -1.56. The molecule has 16 heavy (non-hydrogen) atoms. The summed E-state index contributed by atoms with van der Waals surface area (Å²) < 4.78 is 31.2. The molecular weight excluding hydrogens is 232 g/mol. The Balaban J connectivity index is 3.14. The Morgan fingerprint density at radius 1 is 1.31 bits per heavy atom. The molecule has 6 heteroatoms. The number of esters is 1. The maximum absolute atomic E-state index is 11.2. The predicted molar refractivity (Wildman–Crippen MR) is 58.0 cm³/mol. The fourth-order valence-corrected chi connectivity index (χ4v) is 1.60. The topological polar surface area (TPSA) is 69.7 Å². The highest BCUT2D eigenvalue weighted by atomic mass is 32.2. The van der Waals surface area contributed by atoms with Crippen LogP contribution in [-0.4, -0.2) is 27.8 Å². The maximum Gasteiger partial charge on any atom is 0.337 e. The molecule has 1 aromatic carbocycles. The van der Waals surface area contributed by atoms with Gasteiger partial charge in [-0.15, -0.1) is 0 Å². The molecule has 0 heterocycles. The molecular formula is C10H12O5S. The van der Waals surface area contributed by atoms with Crippen molar-refractivity contribution in [2.75, 3.05) is 13.4 Å². The van der Waals surface area contributed by atoms with Crippen LogP contribution in [0.3, 0.4) is 0 Å².